The van der Waals surface area contributed by atoms with Crippen LogP contribution in [-0.4, -0.2) is 28.8 Å². The second-order valence-electron chi connectivity index (χ2n) is 0.846. The third-order valence-corrected chi connectivity index (χ3v) is 1.24. The van der Waals surface area contributed by atoms with E-state index in [1.165, 1.54) is 4.89 Å². The molecule has 0 amide bonds. The summed E-state index contributed by atoms with van der Waals surface area (Å²) in [5, 5.41) is 0. The molecule has 0 saturated heterocycles. The van der Waals surface area contributed by atoms with Crippen molar-refractivity contribution < 1.29 is 9.68 Å². The molecule has 7 heavy (non-hydrogen) atoms. The topological polar surface area (TPSA) is 21.7 Å². The molecular weight excluding hydrogens is 110 g/mol. The van der Waals surface area contributed by atoms with Gasteiger partial charge in [0.15, 0.2) is 0 Å². The van der Waals surface area contributed by atoms with E-state index in [4.69, 9.17) is 0 Å². The largest absolute Gasteiger partial charge is 0.286 e. The lowest BCUT2D eigenvalue weighted by molar-refractivity contribution is -0.275. The van der Waals surface area contributed by atoms with Crippen molar-refractivity contribution >= 4 is 9.68 Å². The highest BCUT2D eigenvalue weighted by Crippen LogP contribution is 1.80. The summed E-state index contributed by atoms with van der Waals surface area (Å²) in [5.41, 5.74) is 0. The zero-order valence-corrected chi connectivity index (χ0v) is 5.76. The zero-order valence-electron chi connectivity index (χ0n) is 4.76. The second kappa shape index (κ2) is 4.26. The van der Waals surface area contributed by atoms with Crippen molar-refractivity contribution in [2.45, 2.75) is 6.55 Å². The van der Waals surface area contributed by atoms with Crippen LogP contribution in [0.3, 0.4) is 0 Å². The fraction of sp³-hybridized carbons (Fsp3) is 1.00. The minimum Gasteiger partial charge on any atom is -0.286 e. The number of hydrogen-bond donors (Lipinski definition) is 0. The molecule has 0 aromatic carbocycles. The van der Waals surface area contributed by atoms with Gasteiger partial charge in [0.05, 0.1) is 14.2 Å². The van der Waals surface area contributed by atoms with Crippen LogP contribution in [-0.2, 0) is 9.68 Å². The summed E-state index contributed by atoms with van der Waals surface area (Å²) in [4.78, 5) is 10.7. The summed E-state index contributed by atoms with van der Waals surface area (Å²) >= 11 is 0. The molecule has 0 bridgehead atoms. The molecule has 0 N–H and O–H groups in total. The van der Waals surface area contributed by atoms with Crippen molar-refractivity contribution in [3.05, 3.63) is 0 Å². The van der Waals surface area contributed by atoms with E-state index in [0.717, 1.165) is 0 Å². The van der Waals surface area contributed by atoms with E-state index < -0.39 is 0 Å². The van der Waals surface area contributed by atoms with Crippen LogP contribution in [0.4, 0.5) is 0 Å². The SMILES string of the molecule is CON(OC)[Si]C. The first-order valence-electron chi connectivity index (χ1n) is 1.91. The summed E-state index contributed by atoms with van der Waals surface area (Å²) in [6, 6.07) is 0. The van der Waals surface area contributed by atoms with Gasteiger partial charge in [-0.3, -0.25) is 9.68 Å². The van der Waals surface area contributed by atoms with Crippen molar-refractivity contribution in [3.8, 4) is 0 Å². The summed E-state index contributed by atoms with van der Waals surface area (Å²) in [5.74, 6) is 0. The van der Waals surface area contributed by atoms with Gasteiger partial charge in [0.2, 0.25) is 9.68 Å². The maximum atomic E-state index is 4.67. The van der Waals surface area contributed by atoms with Crippen LogP contribution in [0.1, 0.15) is 0 Å². The van der Waals surface area contributed by atoms with E-state index in [9.17, 15) is 0 Å². The van der Waals surface area contributed by atoms with Gasteiger partial charge < -0.3 is 0 Å². The molecule has 0 aliphatic rings. The number of rotatable bonds is 3. The molecule has 0 aromatic heterocycles. The van der Waals surface area contributed by atoms with Crippen LogP contribution in [0.5, 0.6) is 0 Å². The molecule has 0 aliphatic heterocycles. The lowest BCUT2D eigenvalue weighted by atomic mass is 11.7. The Morgan fingerprint density at radius 3 is 1.71 bits per heavy atom. The van der Waals surface area contributed by atoms with Crippen molar-refractivity contribution in [3.63, 3.8) is 0 Å². The monoisotopic (exact) mass is 119 g/mol. The van der Waals surface area contributed by atoms with Crippen LogP contribution in [0.25, 0.3) is 0 Å². The molecule has 0 aromatic rings. The average molecular weight is 119 g/mol. The molecule has 0 heterocycles. The fourth-order valence-corrected chi connectivity index (χ4v) is 0.622. The second-order valence-corrected chi connectivity index (χ2v) is 1.66. The van der Waals surface area contributed by atoms with Gasteiger partial charge in [-0.1, -0.05) is 6.55 Å². The van der Waals surface area contributed by atoms with E-state index in [2.05, 4.69) is 9.68 Å². The lowest BCUT2D eigenvalue weighted by Crippen LogP contribution is -2.22. The Morgan fingerprint density at radius 1 is 1.29 bits per heavy atom. The predicted octanol–water partition coefficient (Wildman–Crippen LogP) is 0.0785. The fourth-order valence-electron chi connectivity index (χ4n) is 0.257. The maximum Gasteiger partial charge on any atom is 0.217 e. The van der Waals surface area contributed by atoms with E-state index in [0.29, 0.717) is 9.68 Å². The van der Waals surface area contributed by atoms with E-state index in [-0.39, 0.29) is 0 Å². The molecule has 0 spiro atoms. The van der Waals surface area contributed by atoms with Gasteiger partial charge in [-0.05, 0) is 0 Å². The van der Waals surface area contributed by atoms with Crippen molar-refractivity contribution in [1.29, 1.82) is 0 Å². The number of nitrogens with zero attached hydrogens (tertiary/aromatic N) is 1. The first-order chi connectivity index (χ1) is 3.35. The van der Waals surface area contributed by atoms with Crippen LogP contribution in [0.2, 0.25) is 6.55 Å². The number of hydrogen-bond acceptors (Lipinski definition) is 3. The van der Waals surface area contributed by atoms with Crippen LogP contribution >= 0.6 is 0 Å². The molecule has 0 atom stereocenters. The zero-order chi connectivity index (χ0) is 5.70. The van der Waals surface area contributed by atoms with E-state index >= 15 is 0 Å². The Kier molecular flexibility index (Phi) is 4.32. The maximum absolute atomic E-state index is 4.67. The van der Waals surface area contributed by atoms with Gasteiger partial charge in [0.25, 0.3) is 0 Å². The molecule has 3 nitrogen and oxygen atoms in total. The third-order valence-electron chi connectivity index (χ3n) is 0.514. The summed E-state index contributed by atoms with van der Waals surface area (Å²) < 4.78 is 0. The van der Waals surface area contributed by atoms with Gasteiger partial charge in [0, 0.05) is 0 Å². The quantitative estimate of drug-likeness (QED) is 0.388. The smallest absolute Gasteiger partial charge is 0.217 e. The van der Waals surface area contributed by atoms with Crippen molar-refractivity contribution in [2.24, 2.45) is 0 Å². The standard InChI is InChI=1S/C3H9NO2Si/c1-5-4(6-2)7-3/h1-3H3. The first kappa shape index (κ1) is 7.10. The Balaban J connectivity index is 2.99. The van der Waals surface area contributed by atoms with Crippen molar-refractivity contribution in [1.82, 2.24) is 4.89 Å². The Labute approximate surface area is 46.0 Å². The minimum atomic E-state index is 0.538. The van der Waals surface area contributed by atoms with Gasteiger partial charge in [0.1, 0.15) is 0 Å². The molecule has 0 unspecified atom stereocenters. The molecule has 0 saturated carbocycles. The highest BCUT2D eigenvalue weighted by Gasteiger charge is 1.93. The van der Waals surface area contributed by atoms with Crippen LogP contribution in [0.15, 0.2) is 0 Å². The molecule has 0 aliphatic carbocycles. The van der Waals surface area contributed by atoms with Crippen molar-refractivity contribution in [2.75, 3.05) is 14.2 Å². The predicted molar refractivity (Wildman–Crippen MR) is 27.5 cm³/mol. The third kappa shape index (κ3) is 2.75. The van der Waals surface area contributed by atoms with E-state index in [1.54, 1.807) is 14.2 Å². The Hall–Kier alpha value is 0.0969. The Bertz CT molecular complexity index is 34.4. The average Bonchev–Trinajstić information content (AvgIpc) is 1.72. The van der Waals surface area contributed by atoms with Gasteiger partial charge in [-0.2, -0.15) is 0 Å². The molecular formula is C3H9NO2Si. The van der Waals surface area contributed by atoms with Crippen LogP contribution < -0.4 is 0 Å². The molecule has 4 heteroatoms. The minimum absolute atomic E-state index is 0.538. The highest BCUT2D eigenvalue weighted by molar-refractivity contribution is 6.28. The summed E-state index contributed by atoms with van der Waals surface area (Å²) in [6.45, 7) is 1.97. The summed E-state index contributed by atoms with van der Waals surface area (Å²) in [6.07, 6.45) is 0. The first-order valence-corrected chi connectivity index (χ1v) is 3.35. The van der Waals surface area contributed by atoms with E-state index in [1.807, 2.05) is 6.55 Å². The van der Waals surface area contributed by atoms with Gasteiger partial charge in [-0.25, -0.2) is 0 Å². The normalized spacial score (nSPS) is 10.3. The highest BCUT2D eigenvalue weighted by atomic mass is 28.2. The Morgan fingerprint density at radius 2 is 1.71 bits per heavy atom. The van der Waals surface area contributed by atoms with Gasteiger partial charge >= 0.3 is 0 Å². The molecule has 2 radical (unpaired) electrons. The molecule has 0 fully saturated rings. The molecule has 0 rings (SSSR count). The molecule has 42 valence electrons. The summed E-state index contributed by atoms with van der Waals surface area (Å²) in [7, 11) is 3.68. The lowest BCUT2D eigenvalue weighted by Gasteiger charge is -2.11. The van der Waals surface area contributed by atoms with Gasteiger partial charge in [-0.15, -0.1) is 4.89 Å². The van der Waals surface area contributed by atoms with Crippen LogP contribution in [0, 0.1) is 0 Å².